The van der Waals surface area contributed by atoms with Crippen molar-refractivity contribution < 1.29 is 19.1 Å². The van der Waals surface area contributed by atoms with Gasteiger partial charge in [0.15, 0.2) is 0 Å². The third kappa shape index (κ3) is 3.17. The lowest BCUT2D eigenvalue weighted by molar-refractivity contribution is -0.152. The Morgan fingerprint density at radius 2 is 2.00 bits per heavy atom. The predicted octanol–water partition coefficient (Wildman–Crippen LogP) is 2.45. The summed E-state index contributed by atoms with van der Waals surface area (Å²) in [7, 11) is 1.37. The first-order chi connectivity index (χ1) is 9.97. The number of carbonyl (C=O) groups is 2. The third-order valence-electron chi connectivity index (χ3n) is 4.22. The van der Waals surface area contributed by atoms with Gasteiger partial charge in [-0.15, -0.1) is 0 Å². The summed E-state index contributed by atoms with van der Waals surface area (Å²) in [6, 6.07) is 9.51. The second kappa shape index (κ2) is 6.16. The van der Waals surface area contributed by atoms with Crippen molar-refractivity contribution in [1.82, 2.24) is 4.90 Å². The van der Waals surface area contributed by atoms with Crippen molar-refractivity contribution >= 4 is 12.1 Å². The van der Waals surface area contributed by atoms with E-state index < -0.39 is 11.5 Å². The molecule has 0 aromatic heterocycles. The Bertz CT molecular complexity index is 516. The molecule has 0 N–H and O–H groups in total. The van der Waals surface area contributed by atoms with E-state index in [1.165, 1.54) is 7.11 Å². The zero-order valence-corrected chi connectivity index (χ0v) is 12.7. The van der Waals surface area contributed by atoms with Gasteiger partial charge in [-0.2, -0.15) is 0 Å². The maximum atomic E-state index is 12.1. The van der Waals surface area contributed by atoms with E-state index >= 15 is 0 Å². The van der Waals surface area contributed by atoms with Crippen molar-refractivity contribution in [1.29, 1.82) is 0 Å². The lowest BCUT2D eigenvalue weighted by atomic mass is 9.81. The van der Waals surface area contributed by atoms with Crippen LogP contribution in [-0.2, 0) is 20.9 Å². The Hall–Kier alpha value is -2.04. The SMILES string of the molecule is COC(=O)C1(C)CN(C(=O)OCc2ccccc2)CC1C. The van der Waals surface area contributed by atoms with Crippen molar-refractivity contribution in [2.24, 2.45) is 11.3 Å². The molecular weight excluding hydrogens is 270 g/mol. The van der Waals surface area contributed by atoms with Crippen molar-refractivity contribution in [3.8, 4) is 0 Å². The van der Waals surface area contributed by atoms with Crippen LogP contribution in [0.25, 0.3) is 0 Å². The van der Waals surface area contributed by atoms with Crippen molar-refractivity contribution in [2.75, 3.05) is 20.2 Å². The first-order valence-electron chi connectivity index (χ1n) is 7.01. The Labute approximate surface area is 124 Å². The molecule has 1 aromatic rings. The number of nitrogens with zero attached hydrogens (tertiary/aromatic N) is 1. The molecule has 0 spiro atoms. The maximum absolute atomic E-state index is 12.1. The average molecular weight is 291 g/mol. The van der Waals surface area contributed by atoms with E-state index in [4.69, 9.17) is 9.47 Å². The fourth-order valence-corrected chi connectivity index (χ4v) is 2.60. The zero-order chi connectivity index (χ0) is 15.5. The maximum Gasteiger partial charge on any atom is 0.410 e. The van der Waals surface area contributed by atoms with E-state index in [-0.39, 0.29) is 18.5 Å². The molecule has 0 saturated carbocycles. The second-order valence-electron chi connectivity index (χ2n) is 5.73. The van der Waals surface area contributed by atoms with Crippen LogP contribution in [0.4, 0.5) is 4.79 Å². The molecule has 1 saturated heterocycles. The summed E-state index contributed by atoms with van der Waals surface area (Å²) in [5.41, 5.74) is 0.273. The minimum atomic E-state index is -0.666. The van der Waals surface area contributed by atoms with Crippen LogP contribution >= 0.6 is 0 Å². The monoisotopic (exact) mass is 291 g/mol. The van der Waals surface area contributed by atoms with Gasteiger partial charge >= 0.3 is 12.1 Å². The van der Waals surface area contributed by atoms with Crippen LogP contribution in [0.2, 0.25) is 0 Å². The molecule has 114 valence electrons. The van der Waals surface area contributed by atoms with Gasteiger partial charge in [0.2, 0.25) is 0 Å². The summed E-state index contributed by atoms with van der Waals surface area (Å²) in [6.07, 6.45) is -0.390. The van der Waals surface area contributed by atoms with E-state index in [2.05, 4.69) is 0 Å². The topological polar surface area (TPSA) is 55.8 Å². The molecular formula is C16H21NO4. The molecule has 1 amide bonds. The van der Waals surface area contributed by atoms with Crippen LogP contribution in [0.5, 0.6) is 0 Å². The molecule has 1 heterocycles. The minimum Gasteiger partial charge on any atom is -0.469 e. The highest BCUT2D eigenvalue weighted by atomic mass is 16.6. The molecule has 1 aliphatic rings. The van der Waals surface area contributed by atoms with Gasteiger partial charge < -0.3 is 14.4 Å². The summed E-state index contributed by atoms with van der Waals surface area (Å²) >= 11 is 0. The van der Waals surface area contributed by atoms with Gasteiger partial charge in [-0.05, 0) is 18.4 Å². The number of carbonyl (C=O) groups excluding carboxylic acids is 2. The molecule has 1 aromatic carbocycles. The molecule has 2 atom stereocenters. The highest BCUT2D eigenvalue weighted by molar-refractivity contribution is 5.79. The molecule has 2 unspecified atom stereocenters. The highest BCUT2D eigenvalue weighted by Crippen LogP contribution is 2.36. The molecule has 5 nitrogen and oxygen atoms in total. The standard InChI is InChI=1S/C16H21NO4/c1-12-9-17(11-16(12,2)14(18)20-3)15(19)21-10-13-7-5-4-6-8-13/h4-8,12H,9-11H2,1-3H3. The van der Waals surface area contributed by atoms with E-state index in [9.17, 15) is 9.59 Å². The van der Waals surface area contributed by atoms with Crippen LogP contribution in [0.15, 0.2) is 30.3 Å². The van der Waals surface area contributed by atoms with Crippen LogP contribution < -0.4 is 0 Å². The number of rotatable bonds is 3. The average Bonchev–Trinajstić information content (AvgIpc) is 2.82. The lowest BCUT2D eigenvalue weighted by Gasteiger charge is -2.24. The van der Waals surface area contributed by atoms with Crippen LogP contribution in [0.3, 0.4) is 0 Å². The fourth-order valence-electron chi connectivity index (χ4n) is 2.60. The molecule has 21 heavy (non-hydrogen) atoms. The lowest BCUT2D eigenvalue weighted by Crippen LogP contribution is -2.37. The Morgan fingerprint density at radius 3 is 2.62 bits per heavy atom. The first kappa shape index (κ1) is 15.4. The highest BCUT2D eigenvalue weighted by Gasteiger charge is 2.49. The normalized spacial score (nSPS) is 24.7. The first-order valence-corrected chi connectivity index (χ1v) is 7.01. The fraction of sp³-hybridized carbons (Fsp3) is 0.500. The van der Waals surface area contributed by atoms with Crippen molar-refractivity contribution in [3.05, 3.63) is 35.9 Å². The quantitative estimate of drug-likeness (QED) is 0.803. The molecule has 0 aliphatic carbocycles. The van der Waals surface area contributed by atoms with Crippen molar-refractivity contribution in [3.63, 3.8) is 0 Å². The molecule has 0 radical (unpaired) electrons. The van der Waals surface area contributed by atoms with E-state index in [0.717, 1.165) is 5.56 Å². The van der Waals surface area contributed by atoms with Crippen LogP contribution in [0.1, 0.15) is 19.4 Å². The zero-order valence-electron chi connectivity index (χ0n) is 12.7. The number of hydrogen-bond donors (Lipinski definition) is 0. The van der Waals surface area contributed by atoms with Gasteiger partial charge in [-0.25, -0.2) is 4.79 Å². The number of ether oxygens (including phenoxy) is 2. The Kier molecular flexibility index (Phi) is 4.50. The number of benzene rings is 1. The summed E-state index contributed by atoms with van der Waals surface area (Å²) < 4.78 is 10.1. The number of likely N-dealkylation sites (tertiary alicyclic amines) is 1. The second-order valence-corrected chi connectivity index (χ2v) is 5.73. The van der Waals surface area contributed by atoms with Gasteiger partial charge in [0.1, 0.15) is 6.61 Å². The van der Waals surface area contributed by atoms with Gasteiger partial charge in [-0.3, -0.25) is 4.79 Å². The molecule has 1 aliphatic heterocycles. The van der Waals surface area contributed by atoms with E-state index in [1.54, 1.807) is 4.90 Å². The van der Waals surface area contributed by atoms with Gasteiger partial charge in [-0.1, -0.05) is 37.3 Å². The number of amides is 1. The smallest absolute Gasteiger partial charge is 0.410 e. The van der Waals surface area contributed by atoms with Gasteiger partial charge in [0, 0.05) is 13.1 Å². The minimum absolute atomic E-state index is 0.0363. The third-order valence-corrected chi connectivity index (χ3v) is 4.22. The summed E-state index contributed by atoms with van der Waals surface area (Å²) in [5.74, 6) is -0.248. The summed E-state index contributed by atoms with van der Waals surface area (Å²) in [6.45, 7) is 4.84. The number of methoxy groups -OCH3 is 1. The number of hydrogen-bond acceptors (Lipinski definition) is 4. The van der Waals surface area contributed by atoms with Crippen LogP contribution in [0, 0.1) is 11.3 Å². The molecule has 5 heteroatoms. The Balaban J connectivity index is 1.94. The molecule has 1 fully saturated rings. The van der Waals surface area contributed by atoms with E-state index in [1.807, 2.05) is 44.2 Å². The predicted molar refractivity (Wildman–Crippen MR) is 77.5 cm³/mol. The summed E-state index contributed by atoms with van der Waals surface area (Å²) in [5, 5.41) is 0. The molecule has 2 rings (SSSR count). The molecule has 0 bridgehead atoms. The largest absolute Gasteiger partial charge is 0.469 e. The summed E-state index contributed by atoms with van der Waals surface area (Å²) in [4.78, 5) is 25.6. The van der Waals surface area contributed by atoms with Crippen molar-refractivity contribution in [2.45, 2.75) is 20.5 Å². The van der Waals surface area contributed by atoms with E-state index in [0.29, 0.717) is 13.1 Å². The van der Waals surface area contributed by atoms with Crippen LogP contribution in [-0.4, -0.2) is 37.2 Å². The number of esters is 1. The van der Waals surface area contributed by atoms with Gasteiger partial charge in [0.25, 0.3) is 0 Å². The Morgan fingerprint density at radius 1 is 1.33 bits per heavy atom. The van der Waals surface area contributed by atoms with Gasteiger partial charge in [0.05, 0.1) is 12.5 Å².